The Morgan fingerprint density at radius 3 is 1.75 bits per heavy atom. The van der Waals surface area contributed by atoms with Crippen LogP contribution in [-0.2, 0) is 5.41 Å². The highest BCUT2D eigenvalue weighted by Gasteiger charge is 2.46. The first-order valence-corrected chi connectivity index (χ1v) is 17.4. The van der Waals surface area contributed by atoms with Crippen LogP contribution in [0.5, 0.6) is 0 Å². The lowest BCUT2D eigenvalue weighted by Crippen LogP contribution is -2.28. The predicted molar refractivity (Wildman–Crippen MR) is 211 cm³/mol. The number of nitrogens with zero attached hydrogens (tertiary/aromatic N) is 2. The molecule has 1 aromatic heterocycles. The number of para-hydroxylation sites is 1. The van der Waals surface area contributed by atoms with E-state index in [9.17, 15) is 4.39 Å². The molecule has 0 atom stereocenters. The van der Waals surface area contributed by atoms with Crippen molar-refractivity contribution < 1.29 is 4.39 Å². The Kier molecular flexibility index (Phi) is 6.68. The van der Waals surface area contributed by atoms with Crippen LogP contribution in [0, 0.1) is 12.4 Å². The van der Waals surface area contributed by atoms with Gasteiger partial charge in [-0.15, -0.1) is 0 Å². The zero-order valence-electron chi connectivity index (χ0n) is 28.0. The molecule has 0 fully saturated rings. The summed E-state index contributed by atoms with van der Waals surface area (Å²) in [6.45, 7) is 7.94. The van der Waals surface area contributed by atoms with Crippen molar-refractivity contribution >= 4 is 38.1 Å². The molecule has 3 heteroatoms. The number of hydrogen-bond donors (Lipinski definition) is 0. The first-order chi connectivity index (χ1) is 25.6. The topological polar surface area (TPSA) is 17.2 Å². The van der Waals surface area contributed by atoms with Gasteiger partial charge in [0, 0.05) is 21.7 Å². The number of rotatable bonds is 4. The van der Waals surface area contributed by atoms with Crippen LogP contribution in [0.15, 0.2) is 176 Å². The van der Waals surface area contributed by atoms with E-state index in [1.54, 1.807) is 0 Å². The molecule has 0 N–H and O–H groups in total. The normalized spacial score (nSPS) is 12.8. The molecule has 9 aromatic rings. The third-order valence-corrected chi connectivity index (χ3v) is 10.8. The van der Waals surface area contributed by atoms with E-state index in [0.29, 0.717) is 5.69 Å². The summed E-state index contributed by atoms with van der Waals surface area (Å²) in [5.74, 6) is -0.275. The SMILES string of the molecule is [C-]#[N+]c1ccc2c(c1)C(c1ccccc1)(c1ccccc1)c1cc(-c3cc4c(-c5ccc(F)cc5)nc5ccccc5c4c4ccccc34)ccc1-2. The van der Waals surface area contributed by atoms with E-state index in [2.05, 4.69) is 144 Å². The fraction of sp³-hybridized carbons (Fsp3) is 0.0204. The lowest BCUT2D eigenvalue weighted by molar-refractivity contribution is 0.628. The Balaban J connectivity index is 1.32. The van der Waals surface area contributed by atoms with E-state index in [-0.39, 0.29) is 5.82 Å². The number of hydrogen-bond acceptors (Lipinski definition) is 1. The molecule has 0 saturated heterocycles. The van der Waals surface area contributed by atoms with Gasteiger partial charge in [-0.1, -0.05) is 133 Å². The highest BCUT2D eigenvalue weighted by Crippen LogP contribution is 2.57. The summed E-state index contributed by atoms with van der Waals surface area (Å²) in [7, 11) is 0. The van der Waals surface area contributed by atoms with Crippen molar-refractivity contribution in [2.45, 2.75) is 5.41 Å². The standard InChI is InChI=1S/C49H29FN2/c1-51-36-25-27-39-38-26-22-32(28-44(38)49(45(39)29-36,33-12-4-2-5-13-33)34-14-6-3-7-15-34)42-30-43-47(40-17-9-8-16-37(40)42)41-18-10-11-19-46(41)52-48(43)31-20-23-35(50)24-21-31/h2-30H. The molecule has 1 aliphatic rings. The lowest BCUT2D eigenvalue weighted by Gasteiger charge is -2.34. The van der Waals surface area contributed by atoms with Crippen LogP contribution in [0.3, 0.4) is 0 Å². The fourth-order valence-electron chi connectivity index (χ4n) is 8.60. The summed E-state index contributed by atoms with van der Waals surface area (Å²) < 4.78 is 14.2. The second kappa shape index (κ2) is 11.6. The van der Waals surface area contributed by atoms with Crippen molar-refractivity contribution in [3.8, 4) is 33.5 Å². The van der Waals surface area contributed by atoms with Crippen LogP contribution in [0.2, 0.25) is 0 Å². The minimum Gasteiger partial charge on any atom is -0.247 e. The molecule has 0 spiro atoms. The monoisotopic (exact) mass is 664 g/mol. The number of benzene rings is 8. The predicted octanol–water partition coefficient (Wildman–Crippen LogP) is 12.9. The van der Waals surface area contributed by atoms with Gasteiger partial charge in [0.25, 0.3) is 0 Å². The number of aromatic nitrogens is 1. The van der Waals surface area contributed by atoms with Crippen LogP contribution in [0.25, 0.3) is 70.8 Å². The first kappa shape index (κ1) is 30.0. The van der Waals surface area contributed by atoms with Gasteiger partial charge < -0.3 is 0 Å². The molecule has 0 radical (unpaired) electrons. The maximum Gasteiger partial charge on any atom is 0.187 e. The van der Waals surface area contributed by atoms with E-state index in [0.717, 1.165) is 82.6 Å². The van der Waals surface area contributed by atoms with Gasteiger partial charge in [0.2, 0.25) is 0 Å². The van der Waals surface area contributed by atoms with E-state index in [4.69, 9.17) is 11.6 Å². The van der Waals surface area contributed by atoms with Gasteiger partial charge >= 0.3 is 0 Å². The highest BCUT2D eigenvalue weighted by molar-refractivity contribution is 6.25. The molecule has 0 aliphatic heterocycles. The third kappa shape index (κ3) is 4.31. The van der Waals surface area contributed by atoms with Crippen LogP contribution in [0.4, 0.5) is 10.1 Å². The number of fused-ring (bicyclic) bond motifs is 8. The lowest BCUT2D eigenvalue weighted by atomic mass is 9.67. The molecule has 8 aromatic carbocycles. The first-order valence-electron chi connectivity index (χ1n) is 17.4. The summed E-state index contributed by atoms with van der Waals surface area (Å²) in [6.07, 6.45) is 0. The largest absolute Gasteiger partial charge is 0.247 e. The summed E-state index contributed by atoms with van der Waals surface area (Å²) >= 11 is 0. The zero-order valence-corrected chi connectivity index (χ0v) is 28.0. The molecule has 242 valence electrons. The Morgan fingerprint density at radius 2 is 1.06 bits per heavy atom. The summed E-state index contributed by atoms with van der Waals surface area (Å²) in [5, 5.41) is 5.51. The molecule has 0 unspecified atom stereocenters. The Morgan fingerprint density at radius 1 is 0.481 bits per heavy atom. The van der Waals surface area contributed by atoms with Crippen molar-refractivity contribution in [3.63, 3.8) is 0 Å². The van der Waals surface area contributed by atoms with Gasteiger partial charge in [0.15, 0.2) is 5.69 Å². The van der Waals surface area contributed by atoms with Crippen LogP contribution >= 0.6 is 0 Å². The summed E-state index contributed by atoms with van der Waals surface area (Å²) in [6, 6.07) is 60.2. The molecule has 0 bridgehead atoms. The summed E-state index contributed by atoms with van der Waals surface area (Å²) in [4.78, 5) is 9.08. The zero-order chi connectivity index (χ0) is 34.8. The van der Waals surface area contributed by atoms with E-state index >= 15 is 0 Å². The van der Waals surface area contributed by atoms with Crippen LogP contribution in [0.1, 0.15) is 22.3 Å². The van der Waals surface area contributed by atoms with Crippen molar-refractivity contribution in [1.82, 2.24) is 4.98 Å². The smallest absolute Gasteiger partial charge is 0.187 e. The van der Waals surface area contributed by atoms with Crippen molar-refractivity contribution in [3.05, 3.63) is 215 Å². The van der Waals surface area contributed by atoms with Crippen molar-refractivity contribution in [1.29, 1.82) is 0 Å². The quantitative estimate of drug-likeness (QED) is 0.135. The second-order valence-electron chi connectivity index (χ2n) is 13.5. The molecular formula is C49H29FN2. The maximum absolute atomic E-state index is 14.2. The van der Waals surface area contributed by atoms with Crippen LogP contribution < -0.4 is 0 Å². The van der Waals surface area contributed by atoms with Gasteiger partial charge in [-0.3, -0.25) is 0 Å². The molecule has 52 heavy (non-hydrogen) atoms. The van der Waals surface area contributed by atoms with Gasteiger partial charge in [-0.2, -0.15) is 0 Å². The molecule has 0 amide bonds. The van der Waals surface area contributed by atoms with Gasteiger partial charge in [0.05, 0.1) is 23.2 Å². The molecular weight excluding hydrogens is 636 g/mol. The molecule has 0 saturated carbocycles. The minimum absolute atomic E-state index is 0.275. The van der Waals surface area contributed by atoms with Crippen molar-refractivity contribution in [2.24, 2.45) is 0 Å². The van der Waals surface area contributed by atoms with E-state index < -0.39 is 5.41 Å². The van der Waals surface area contributed by atoms with Gasteiger partial charge in [-0.25, -0.2) is 14.2 Å². The number of pyridine rings is 1. The highest BCUT2D eigenvalue weighted by atomic mass is 19.1. The Bertz CT molecular complexity index is 2870. The molecule has 1 heterocycles. The average Bonchev–Trinajstić information content (AvgIpc) is 3.50. The fourth-order valence-corrected chi connectivity index (χ4v) is 8.60. The van der Waals surface area contributed by atoms with Gasteiger partial charge in [0.1, 0.15) is 5.82 Å². The second-order valence-corrected chi connectivity index (χ2v) is 13.5. The summed E-state index contributed by atoms with van der Waals surface area (Å²) in [5.41, 5.74) is 11.6. The Labute approximate surface area is 300 Å². The van der Waals surface area contributed by atoms with Gasteiger partial charge in [-0.05, 0) is 97.7 Å². The maximum atomic E-state index is 14.2. The number of halogens is 1. The third-order valence-electron chi connectivity index (χ3n) is 10.8. The molecule has 10 rings (SSSR count). The van der Waals surface area contributed by atoms with Crippen LogP contribution in [-0.4, -0.2) is 4.98 Å². The van der Waals surface area contributed by atoms with E-state index in [1.165, 1.54) is 17.7 Å². The van der Waals surface area contributed by atoms with E-state index in [1.807, 2.05) is 24.3 Å². The minimum atomic E-state index is -0.645. The Hall–Kier alpha value is -6.89. The average molecular weight is 665 g/mol. The molecule has 2 nitrogen and oxygen atoms in total. The van der Waals surface area contributed by atoms with Crippen molar-refractivity contribution in [2.75, 3.05) is 0 Å². The molecule has 1 aliphatic carbocycles.